The van der Waals surface area contributed by atoms with Gasteiger partial charge in [0.2, 0.25) is 0 Å². The summed E-state index contributed by atoms with van der Waals surface area (Å²) in [5.74, 6) is 0.762. The quantitative estimate of drug-likeness (QED) is 0.711. The molecule has 0 bridgehead atoms. The van der Waals surface area contributed by atoms with E-state index in [1.807, 2.05) is 22.9 Å². The maximum Gasteiger partial charge on any atom is 0.297 e. The molecule has 0 radical (unpaired) electrons. The zero-order valence-electron chi connectivity index (χ0n) is 15.2. The van der Waals surface area contributed by atoms with Crippen molar-refractivity contribution in [1.82, 2.24) is 14.5 Å². The van der Waals surface area contributed by atoms with E-state index in [0.29, 0.717) is 24.7 Å². The van der Waals surface area contributed by atoms with Crippen LogP contribution in [0.5, 0.6) is 11.8 Å². The van der Waals surface area contributed by atoms with Crippen molar-refractivity contribution in [2.45, 2.75) is 44.2 Å². The summed E-state index contributed by atoms with van der Waals surface area (Å²) < 4.78 is 13.8. The van der Waals surface area contributed by atoms with Gasteiger partial charge >= 0.3 is 0 Å². The molecule has 2 aliphatic rings. The van der Waals surface area contributed by atoms with E-state index in [9.17, 15) is 0 Å². The van der Waals surface area contributed by atoms with Crippen molar-refractivity contribution in [1.29, 1.82) is 5.26 Å². The standard InChI is InChI=1S/C21H20N4O2/c1-21(7-2-8-21)19-6-4-15(11-23-19)26-13-16-12-25-18-5-3-14(10-22)9-17(18)24-20(25)27-16/h3-6,9,11,16H,2,7-8,12-13H2,1H3/t16-/m0/s1. The van der Waals surface area contributed by atoms with Crippen LogP contribution in [0.2, 0.25) is 0 Å². The molecule has 6 nitrogen and oxygen atoms in total. The largest absolute Gasteiger partial charge is 0.488 e. The maximum atomic E-state index is 9.01. The van der Waals surface area contributed by atoms with Crippen LogP contribution in [0.3, 0.4) is 0 Å². The lowest BCUT2D eigenvalue weighted by Gasteiger charge is -2.37. The van der Waals surface area contributed by atoms with Gasteiger partial charge < -0.3 is 9.47 Å². The second kappa shape index (κ2) is 5.98. The Balaban J connectivity index is 1.24. The molecule has 1 fully saturated rings. The highest BCUT2D eigenvalue weighted by molar-refractivity contribution is 5.78. The number of ether oxygens (including phenoxy) is 2. The first-order valence-electron chi connectivity index (χ1n) is 9.31. The molecule has 3 heterocycles. The van der Waals surface area contributed by atoms with E-state index >= 15 is 0 Å². The van der Waals surface area contributed by atoms with E-state index in [0.717, 1.165) is 22.5 Å². The lowest BCUT2D eigenvalue weighted by atomic mass is 9.68. The molecular weight excluding hydrogens is 340 g/mol. The van der Waals surface area contributed by atoms with E-state index in [1.165, 1.54) is 19.3 Å². The number of hydrogen-bond donors (Lipinski definition) is 0. The minimum Gasteiger partial charge on any atom is -0.488 e. The first-order valence-corrected chi connectivity index (χ1v) is 9.31. The first kappa shape index (κ1) is 16.1. The number of nitrogens with zero attached hydrogens (tertiary/aromatic N) is 4. The molecule has 6 heteroatoms. The normalized spacial score (nSPS) is 19.8. The van der Waals surface area contributed by atoms with Crippen LogP contribution in [0.4, 0.5) is 0 Å². The van der Waals surface area contributed by atoms with Gasteiger partial charge in [-0.2, -0.15) is 10.2 Å². The first-order chi connectivity index (χ1) is 13.1. The van der Waals surface area contributed by atoms with E-state index in [4.69, 9.17) is 14.7 Å². The summed E-state index contributed by atoms with van der Waals surface area (Å²) in [6.07, 6.45) is 5.44. The minimum absolute atomic E-state index is 0.0867. The Hall–Kier alpha value is -3.07. The number of nitriles is 1. The molecule has 27 heavy (non-hydrogen) atoms. The summed E-state index contributed by atoms with van der Waals surface area (Å²) in [7, 11) is 0. The summed E-state index contributed by atoms with van der Waals surface area (Å²) >= 11 is 0. The number of benzene rings is 1. The van der Waals surface area contributed by atoms with E-state index in [-0.39, 0.29) is 11.5 Å². The van der Waals surface area contributed by atoms with Crippen molar-refractivity contribution >= 4 is 11.0 Å². The van der Waals surface area contributed by atoms with Gasteiger partial charge in [0.25, 0.3) is 6.01 Å². The van der Waals surface area contributed by atoms with Crippen LogP contribution < -0.4 is 9.47 Å². The molecule has 0 N–H and O–H groups in total. The summed E-state index contributed by atoms with van der Waals surface area (Å²) in [4.78, 5) is 9.08. The van der Waals surface area contributed by atoms with Gasteiger partial charge in [-0.25, -0.2) is 0 Å². The fourth-order valence-corrected chi connectivity index (χ4v) is 3.90. The number of aromatic nitrogens is 3. The third-order valence-corrected chi connectivity index (χ3v) is 5.75. The Bertz CT molecular complexity index is 1040. The van der Waals surface area contributed by atoms with Crippen LogP contribution in [0.25, 0.3) is 11.0 Å². The third-order valence-electron chi connectivity index (χ3n) is 5.75. The molecule has 0 spiro atoms. The van der Waals surface area contributed by atoms with Gasteiger partial charge in [0.1, 0.15) is 12.4 Å². The minimum atomic E-state index is -0.0867. The molecule has 5 rings (SSSR count). The molecule has 2 aromatic heterocycles. The lowest BCUT2D eigenvalue weighted by molar-refractivity contribution is 0.143. The molecule has 0 unspecified atom stereocenters. The zero-order chi connectivity index (χ0) is 18.4. The Morgan fingerprint density at radius 1 is 1.33 bits per heavy atom. The molecule has 0 amide bonds. The van der Waals surface area contributed by atoms with E-state index in [1.54, 1.807) is 12.1 Å². The molecule has 0 saturated heterocycles. The average Bonchev–Trinajstić information content (AvgIpc) is 3.21. The van der Waals surface area contributed by atoms with Gasteiger partial charge in [-0.1, -0.05) is 13.3 Å². The number of hydrogen-bond acceptors (Lipinski definition) is 5. The van der Waals surface area contributed by atoms with Crippen molar-refractivity contribution in [3.63, 3.8) is 0 Å². The molecule has 1 atom stereocenters. The fraction of sp³-hybridized carbons (Fsp3) is 0.381. The van der Waals surface area contributed by atoms with Crippen LogP contribution in [-0.4, -0.2) is 27.2 Å². The van der Waals surface area contributed by atoms with Gasteiger partial charge in [-0.05, 0) is 43.2 Å². The maximum absolute atomic E-state index is 9.01. The molecule has 3 aromatic rings. The number of pyridine rings is 1. The van der Waals surface area contributed by atoms with Crippen LogP contribution in [0, 0.1) is 11.3 Å². The van der Waals surface area contributed by atoms with Crippen LogP contribution in [0.15, 0.2) is 36.5 Å². The highest BCUT2D eigenvalue weighted by Gasteiger charge is 2.34. The summed E-state index contributed by atoms with van der Waals surface area (Å²) in [5, 5.41) is 9.01. The molecular formula is C21H20N4O2. The number of rotatable bonds is 4. The third kappa shape index (κ3) is 2.71. The highest BCUT2D eigenvalue weighted by atomic mass is 16.6. The number of fused-ring (bicyclic) bond motifs is 3. The van der Waals surface area contributed by atoms with Crippen molar-refractivity contribution in [2.75, 3.05) is 6.61 Å². The van der Waals surface area contributed by atoms with Gasteiger partial charge in [-0.3, -0.25) is 9.55 Å². The second-order valence-corrected chi connectivity index (χ2v) is 7.66. The summed E-state index contributed by atoms with van der Waals surface area (Å²) in [6.45, 7) is 3.40. The van der Waals surface area contributed by atoms with Gasteiger partial charge in [0, 0.05) is 11.1 Å². The fourth-order valence-electron chi connectivity index (χ4n) is 3.90. The predicted molar refractivity (Wildman–Crippen MR) is 99.8 cm³/mol. The van der Waals surface area contributed by atoms with Gasteiger partial charge in [0.05, 0.1) is 35.4 Å². The van der Waals surface area contributed by atoms with Gasteiger partial charge in [0.15, 0.2) is 6.10 Å². The number of imidazole rings is 1. The average molecular weight is 360 g/mol. The van der Waals surface area contributed by atoms with E-state index in [2.05, 4.69) is 29.0 Å². The predicted octanol–water partition coefficient (Wildman–Crippen LogP) is 3.58. The Kier molecular flexibility index (Phi) is 3.57. The SMILES string of the molecule is CC1(c2ccc(OC[C@@H]3Cn4c(nc5cc(C#N)ccc54)O3)cn2)CCC1. The zero-order valence-corrected chi connectivity index (χ0v) is 15.2. The molecule has 1 saturated carbocycles. The smallest absolute Gasteiger partial charge is 0.297 e. The monoisotopic (exact) mass is 360 g/mol. The lowest BCUT2D eigenvalue weighted by Crippen LogP contribution is -2.31. The van der Waals surface area contributed by atoms with Crippen molar-refractivity contribution < 1.29 is 9.47 Å². The Morgan fingerprint density at radius 3 is 2.93 bits per heavy atom. The Labute approximate surface area is 157 Å². The van der Waals surface area contributed by atoms with Crippen LogP contribution >= 0.6 is 0 Å². The highest BCUT2D eigenvalue weighted by Crippen LogP contribution is 2.42. The summed E-state index contributed by atoms with van der Waals surface area (Å²) in [6, 6.07) is 12.3. The van der Waals surface area contributed by atoms with Crippen molar-refractivity contribution in [2.24, 2.45) is 0 Å². The summed E-state index contributed by atoms with van der Waals surface area (Å²) in [5.41, 5.74) is 3.76. The molecule has 1 aromatic carbocycles. The molecule has 1 aliphatic carbocycles. The van der Waals surface area contributed by atoms with Crippen molar-refractivity contribution in [3.8, 4) is 17.8 Å². The molecule has 136 valence electrons. The Morgan fingerprint density at radius 2 is 2.22 bits per heavy atom. The van der Waals surface area contributed by atoms with Gasteiger partial charge in [-0.15, -0.1) is 0 Å². The van der Waals surface area contributed by atoms with Crippen molar-refractivity contribution in [3.05, 3.63) is 47.8 Å². The van der Waals surface area contributed by atoms with Crippen LogP contribution in [0.1, 0.15) is 37.4 Å². The topological polar surface area (TPSA) is 73.0 Å². The second-order valence-electron chi connectivity index (χ2n) is 7.66. The van der Waals surface area contributed by atoms with Crippen LogP contribution in [-0.2, 0) is 12.0 Å². The molecule has 1 aliphatic heterocycles. The van der Waals surface area contributed by atoms with E-state index < -0.39 is 0 Å².